The Kier molecular flexibility index (Phi) is 4.98. The number of nitrogens with zero attached hydrogens (tertiary/aromatic N) is 5. The molecule has 0 radical (unpaired) electrons. The maximum absolute atomic E-state index is 12.5. The van der Waals surface area contributed by atoms with Crippen LogP contribution in [0.4, 0.5) is 5.95 Å². The lowest BCUT2D eigenvalue weighted by molar-refractivity contribution is 0.0260. The lowest BCUT2D eigenvalue weighted by Crippen LogP contribution is -2.46. The van der Waals surface area contributed by atoms with Crippen LogP contribution in [-0.4, -0.2) is 63.3 Å². The predicted molar refractivity (Wildman–Crippen MR) is 91.3 cm³/mol. The molecule has 134 valence electrons. The third-order valence-electron chi connectivity index (χ3n) is 4.32. The smallest absolute Gasteiger partial charge is 0.275 e. The van der Waals surface area contributed by atoms with Gasteiger partial charge in [-0.05, 0) is 18.9 Å². The maximum atomic E-state index is 12.5. The van der Waals surface area contributed by atoms with Crippen molar-refractivity contribution >= 4 is 11.9 Å². The van der Waals surface area contributed by atoms with Gasteiger partial charge in [-0.1, -0.05) is 12.1 Å². The van der Waals surface area contributed by atoms with E-state index in [9.17, 15) is 9.90 Å². The molecule has 1 aliphatic rings. The van der Waals surface area contributed by atoms with Crippen molar-refractivity contribution in [3.8, 4) is 0 Å². The summed E-state index contributed by atoms with van der Waals surface area (Å²) in [5, 5.41) is 14.7. The molecule has 1 amide bonds. The van der Waals surface area contributed by atoms with Crippen LogP contribution in [0.3, 0.4) is 0 Å². The van der Waals surface area contributed by atoms with Crippen molar-refractivity contribution in [2.75, 3.05) is 31.6 Å². The van der Waals surface area contributed by atoms with Crippen molar-refractivity contribution in [1.82, 2.24) is 20.0 Å². The molecule has 0 saturated carbocycles. The van der Waals surface area contributed by atoms with Crippen LogP contribution in [0.25, 0.3) is 0 Å². The Morgan fingerprint density at radius 3 is 2.92 bits per heavy atom. The molecule has 3 heterocycles. The van der Waals surface area contributed by atoms with Gasteiger partial charge in [0.1, 0.15) is 11.4 Å². The Labute approximate surface area is 146 Å². The molecular weight excluding hydrogens is 322 g/mol. The summed E-state index contributed by atoms with van der Waals surface area (Å²) in [7, 11) is 1.66. The molecule has 25 heavy (non-hydrogen) atoms. The van der Waals surface area contributed by atoms with E-state index in [1.54, 1.807) is 31.6 Å². The minimum absolute atomic E-state index is 0.213. The first-order valence-electron chi connectivity index (χ1n) is 8.46. The molecule has 0 aliphatic carbocycles. The molecule has 3 rings (SSSR count). The average Bonchev–Trinajstić information content (AvgIpc) is 3.22. The van der Waals surface area contributed by atoms with Crippen molar-refractivity contribution in [3.05, 3.63) is 36.0 Å². The molecule has 0 bridgehead atoms. The summed E-state index contributed by atoms with van der Waals surface area (Å²) in [6, 6.07) is 3.42. The molecule has 1 fully saturated rings. The fourth-order valence-corrected chi connectivity index (χ4v) is 3.10. The van der Waals surface area contributed by atoms with Crippen molar-refractivity contribution < 1.29 is 14.4 Å². The molecule has 2 aromatic rings. The van der Waals surface area contributed by atoms with Gasteiger partial charge >= 0.3 is 0 Å². The Morgan fingerprint density at radius 1 is 1.44 bits per heavy atom. The van der Waals surface area contributed by atoms with Crippen molar-refractivity contribution in [2.45, 2.75) is 31.8 Å². The highest BCUT2D eigenvalue weighted by atomic mass is 16.5. The minimum Gasteiger partial charge on any atom is -0.386 e. The van der Waals surface area contributed by atoms with Gasteiger partial charge in [0, 0.05) is 38.5 Å². The van der Waals surface area contributed by atoms with Crippen LogP contribution >= 0.6 is 0 Å². The average molecular weight is 345 g/mol. The van der Waals surface area contributed by atoms with Crippen LogP contribution in [-0.2, 0) is 6.42 Å². The molecule has 0 spiro atoms. The summed E-state index contributed by atoms with van der Waals surface area (Å²) < 4.78 is 5.16. The molecular formula is C17H23N5O3. The fourth-order valence-electron chi connectivity index (χ4n) is 3.10. The van der Waals surface area contributed by atoms with Gasteiger partial charge in [-0.25, -0.2) is 9.97 Å². The third-order valence-corrected chi connectivity index (χ3v) is 4.32. The number of amides is 1. The second kappa shape index (κ2) is 7.18. The lowest BCUT2D eigenvalue weighted by Gasteiger charge is -2.28. The topological polar surface area (TPSA) is 95.6 Å². The highest BCUT2D eigenvalue weighted by molar-refractivity contribution is 5.92. The Hall–Kier alpha value is -2.48. The van der Waals surface area contributed by atoms with Gasteiger partial charge in [-0.3, -0.25) is 4.79 Å². The molecule has 1 N–H and O–H groups in total. The summed E-state index contributed by atoms with van der Waals surface area (Å²) in [6.07, 6.45) is 5.57. The van der Waals surface area contributed by atoms with E-state index in [0.717, 1.165) is 12.8 Å². The summed E-state index contributed by atoms with van der Waals surface area (Å²) in [5.41, 5.74) is -0.727. The number of carbonyl (C=O) groups excluding carboxylic acids is 1. The molecule has 1 aliphatic heterocycles. The number of hydrogen-bond donors (Lipinski definition) is 1. The number of carbonyl (C=O) groups is 1. The number of aromatic nitrogens is 3. The van der Waals surface area contributed by atoms with Gasteiger partial charge in [-0.15, -0.1) is 0 Å². The van der Waals surface area contributed by atoms with Crippen LogP contribution in [0, 0.1) is 0 Å². The molecule has 0 aromatic carbocycles. The van der Waals surface area contributed by atoms with Crippen molar-refractivity contribution in [1.29, 1.82) is 0 Å². The second-order valence-corrected chi connectivity index (χ2v) is 6.53. The highest BCUT2D eigenvalue weighted by Crippen LogP contribution is 2.25. The Balaban J connectivity index is 1.61. The van der Waals surface area contributed by atoms with E-state index < -0.39 is 5.60 Å². The Bertz CT molecular complexity index is 720. The maximum Gasteiger partial charge on any atom is 0.275 e. The molecule has 8 heteroatoms. The SMILES string of the molecule is CCCc1cc(C(=O)N(C)C[C@@]2(O)CCN(c3ncccn3)C2)no1. The van der Waals surface area contributed by atoms with E-state index in [0.29, 0.717) is 31.2 Å². The molecule has 1 atom stereocenters. The predicted octanol–water partition coefficient (Wildman–Crippen LogP) is 1.13. The highest BCUT2D eigenvalue weighted by Gasteiger charge is 2.39. The van der Waals surface area contributed by atoms with Crippen LogP contribution in [0.2, 0.25) is 0 Å². The van der Waals surface area contributed by atoms with E-state index in [2.05, 4.69) is 15.1 Å². The standard InChI is InChI=1S/C17H23N5O3/c1-3-5-13-10-14(20-25-13)15(23)21(2)11-17(24)6-9-22(12-17)16-18-7-4-8-19-16/h4,7-8,10,24H,3,5-6,9,11-12H2,1-2H3/t17-/m0/s1. The largest absolute Gasteiger partial charge is 0.386 e. The minimum atomic E-state index is -1.00. The summed E-state index contributed by atoms with van der Waals surface area (Å²) in [5.74, 6) is 1.04. The number of rotatable bonds is 6. The summed E-state index contributed by atoms with van der Waals surface area (Å²) in [6.45, 7) is 3.28. The zero-order valence-electron chi connectivity index (χ0n) is 14.6. The number of likely N-dealkylation sites (N-methyl/N-ethyl adjacent to an activating group) is 1. The summed E-state index contributed by atoms with van der Waals surface area (Å²) in [4.78, 5) is 24.3. The second-order valence-electron chi connectivity index (χ2n) is 6.53. The first-order chi connectivity index (χ1) is 12.0. The molecule has 1 saturated heterocycles. The fraction of sp³-hybridized carbons (Fsp3) is 0.529. The van der Waals surface area contributed by atoms with Gasteiger partial charge in [-0.2, -0.15) is 0 Å². The van der Waals surface area contributed by atoms with Crippen LogP contribution in [0.15, 0.2) is 29.0 Å². The number of aryl methyl sites for hydroxylation is 1. The van der Waals surface area contributed by atoms with Gasteiger partial charge in [0.2, 0.25) is 5.95 Å². The van der Waals surface area contributed by atoms with Crippen LogP contribution in [0.5, 0.6) is 0 Å². The number of anilines is 1. The number of β-amino-alcohol motifs (C(OH)–C–C–N with tert-alkyl or cyclic N) is 1. The zero-order chi connectivity index (χ0) is 17.9. The van der Waals surface area contributed by atoms with Crippen LogP contribution < -0.4 is 4.90 Å². The van der Waals surface area contributed by atoms with Crippen LogP contribution in [0.1, 0.15) is 36.0 Å². The van der Waals surface area contributed by atoms with Gasteiger partial charge < -0.3 is 19.4 Å². The monoisotopic (exact) mass is 345 g/mol. The van der Waals surface area contributed by atoms with Crippen molar-refractivity contribution in [2.24, 2.45) is 0 Å². The first-order valence-corrected chi connectivity index (χ1v) is 8.46. The molecule has 8 nitrogen and oxygen atoms in total. The van der Waals surface area contributed by atoms with E-state index in [-0.39, 0.29) is 18.1 Å². The van der Waals surface area contributed by atoms with Gasteiger partial charge in [0.15, 0.2) is 5.69 Å². The normalized spacial score (nSPS) is 20.0. The van der Waals surface area contributed by atoms with Gasteiger partial charge in [0.25, 0.3) is 5.91 Å². The zero-order valence-corrected chi connectivity index (χ0v) is 14.6. The summed E-state index contributed by atoms with van der Waals surface area (Å²) >= 11 is 0. The van der Waals surface area contributed by atoms with E-state index in [4.69, 9.17) is 4.52 Å². The van der Waals surface area contributed by atoms with Crippen molar-refractivity contribution in [3.63, 3.8) is 0 Å². The lowest BCUT2D eigenvalue weighted by atomic mass is 10.0. The third kappa shape index (κ3) is 3.96. The quantitative estimate of drug-likeness (QED) is 0.838. The van der Waals surface area contributed by atoms with E-state index in [1.165, 1.54) is 4.90 Å². The number of hydrogen-bond acceptors (Lipinski definition) is 7. The first kappa shape index (κ1) is 17.3. The van der Waals surface area contributed by atoms with Gasteiger partial charge in [0.05, 0.1) is 13.1 Å². The van der Waals surface area contributed by atoms with E-state index in [1.807, 2.05) is 11.8 Å². The Morgan fingerprint density at radius 2 is 2.20 bits per heavy atom. The molecule has 2 aromatic heterocycles. The van der Waals surface area contributed by atoms with E-state index >= 15 is 0 Å². The number of aliphatic hydroxyl groups is 1. The molecule has 0 unspecified atom stereocenters.